The fraction of sp³-hybridized carbons (Fsp3) is 0.393. The van der Waals surface area contributed by atoms with E-state index in [1.807, 2.05) is 75.3 Å². The minimum absolute atomic E-state index is 0.234. The molecule has 0 bridgehead atoms. The van der Waals surface area contributed by atoms with Gasteiger partial charge in [0.1, 0.15) is 24.2 Å². The van der Waals surface area contributed by atoms with Crippen molar-refractivity contribution in [3.63, 3.8) is 0 Å². The third kappa shape index (κ3) is 9.41. The lowest BCUT2D eigenvalue weighted by Gasteiger charge is -2.23. The summed E-state index contributed by atoms with van der Waals surface area (Å²) in [5, 5.41) is 17.1. The van der Waals surface area contributed by atoms with Gasteiger partial charge in [0.2, 0.25) is 0 Å². The third-order valence-electron chi connectivity index (χ3n) is 5.28. The molecule has 0 saturated heterocycles. The Morgan fingerprint density at radius 2 is 1.74 bits per heavy atom. The zero-order valence-corrected chi connectivity index (χ0v) is 21.0. The van der Waals surface area contributed by atoms with Crippen molar-refractivity contribution >= 4 is 11.8 Å². The number of likely N-dealkylation sites (N-methyl/N-ethyl adjacent to an activating group) is 1. The van der Waals surface area contributed by atoms with E-state index < -0.39 is 6.10 Å². The normalized spacial score (nSPS) is 12.4. The lowest BCUT2D eigenvalue weighted by Crippen LogP contribution is -2.34. The molecule has 2 rings (SSSR count). The Labute approximate surface area is 204 Å². The van der Waals surface area contributed by atoms with E-state index >= 15 is 0 Å². The standard InChI is InChI=1S/C28H39N3O3/c1-7-24-11-9-10-12-25(24)19-31(22(3)4)29-23(5)17-18-30(6)20-26(32)21-34-28-15-13-27(14-16-28)33-8-2/h7,9-16,26,32H,1,3,8,17-21H2,2,4-6H3. The van der Waals surface area contributed by atoms with Crippen LogP contribution in [0.15, 0.2) is 72.5 Å². The number of aliphatic hydroxyl groups excluding tert-OH is 1. The second-order valence-electron chi connectivity index (χ2n) is 8.41. The number of aliphatic hydroxyl groups is 1. The molecular formula is C28H39N3O3. The largest absolute Gasteiger partial charge is 0.494 e. The van der Waals surface area contributed by atoms with Crippen LogP contribution in [0.25, 0.3) is 6.08 Å². The molecule has 184 valence electrons. The summed E-state index contributed by atoms with van der Waals surface area (Å²) in [6.07, 6.45) is 2.06. The fourth-order valence-electron chi connectivity index (χ4n) is 3.40. The molecule has 1 atom stereocenters. The minimum atomic E-state index is -0.587. The van der Waals surface area contributed by atoms with Crippen LogP contribution in [0, 0.1) is 0 Å². The molecule has 2 aromatic carbocycles. The van der Waals surface area contributed by atoms with Crippen molar-refractivity contribution < 1.29 is 14.6 Å². The molecule has 0 aliphatic carbocycles. The van der Waals surface area contributed by atoms with Crippen LogP contribution in [0.3, 0.4) is 0 Å². The molecule has 0 saturated carbocycles. The molecule has 0 aliphatic heterocycles. The summed E-state index contributed by atoms with van der Waals surface area (Å²) in [7, 11) is 1.99. The lowest BCUT2D eigenvalue weighted by molar-refractivity contribution is 0.0771. The topological polar surface area (TPSA) is 57.5 Å². The van der Waals surface area contributed by atoms with Gasteiger partial charge in [-0.1, -0.05) is 43.5 Å². The molecule has 0 heterocycles. The number of nitrogens with zero attached hydrogens (tertiary/aromatic N) is 3. The molecule has 0 aromatic heterocycles. The van der Waals surface area contributed by atoms with E-state index in [1.54, 1.807) is 0 Å². The minimum Gasteiger partial charge on any atom is -0.494 e. The SMILES string of the molecule is C=Cc1ccccc1CN(N=C(C)CCN(C)CC(O)COc1ccc(OCC)cc1)C(=C)C. The van der Waals surface area contributed by atoms with Crippen LogP contribution in [-0.4, -0.2) is 60.2 Å². The first kappa shape index (κ1) is 27.2. The summed E-state index contributed by atoms with van der Waals surface area (Å²) < 4.78 is 11.1. The average molecular weight is 466 g/mol. The van der Waals surface area contributed by atoms with Crippen LogP contribution >= 0.6 is 0 Å². The Morgan fingerprint density at radius 1 is 1.09 bits per heavy atom. The quantitative estimate of drug-likeness (QED) is 0.289. The van der Waals surface area contributed by atoms with Crippen molar-refractivity contribution in [2.24, 2.45) is 5.10 Å². The first-order valence-electron chi connectivity index (χ1n) is 11.7. The molecular weight excluding hydrogens is 426 g/mol. The monoisotopic (exact) mass is 465 g/mol. The molecule has 1 N–H and O–H groups in total. The van der Waals surface area contributed by atoms with Gasteiger partial charge in [-0.15, -0.1) is 0 Å². The van der Waals surface area contributed by atoms with E-state index in [4.69, 9.17) is 14.6 Å². The van der Waals surface area contributed by atoms with Crippen LogP contribution < -0.4 is 9.47 Å². The van der Waals surface area contributed by atoms with Gasteiger partial charge < -0.3 is 19.5 Å². The van der Waals surface area contributed by atoms with Crippen LogP contribution in [0.5, 0.6) is 11.5 Å². The van der Waals surface area contributed by atoms with Crippen molar-refractivity contribution in [1.29, 1.82) is 0 Å². The van der Waals surface area contributed by atoms with E-state index in [9.17, 15) is 5.11 Å². The van der Waals surface area contributed by atoms with Gasteiger partial charge >= 0.3 is 0 Å². The Morgan fingerprint density at radius 3 is 2.35 bits per heavy atom. The van der Waals surface area contributed by atoms with Gasteiger partial charge in [0.15, 0.2) is 0 Å². The Bertz CT molecular complexity index is 940. The average Bonchev–Trinajstić information content (AvgIpc) is 2.82. The molecule has 0 fully saturated rings. The van der Waals surface area contributed by atoms with Crippen LogP contribution in [0.4, 0.5) is 0 Å². The Kier molecular flexibility index (Phi) is 11.4. The third-order valence-corrected chi connectivity index (χ3v) is 5.28. The highest BCUT2D eigenvalue weighted by atomic mass is 16.5. The number of hydrogen-bond acceptors (Lipinski definition) is 6. The summed E-state index contributed by atoms with van der Waals surface area (Å²) in [4.78, 5) is 2.09. The lowest BCUT2D eigenvalue weighted by atomic mass is 10.1. The maximum atomic E-state index is 10.4. The predicted molar refractivity (Wildman–Crippen MR) is 141 cm³/mol. The summed E-state index contributed by atoms with van der Waals surface area (Å²) in [5.74, 6) is 1.52. The second-order valence-corrected chi connectivity index (χ2v) is 8.41. The number of hydrazone groups is 1. The highest BCUT2D eigenvalue weighted by Gasteiger charge is 2.11. The Hall–Kier alpha value is -3.09. The number of allylic oxidation sites excluding steroid dienone is 1. The maximum Gasteiger partial charge on any atom is 0.119 e. The van der Waals surface area contributed by atoms with E-state index in [-0.39, 0.29) is 6.61 Å². The highest BCUT2D eigenvalue weighted by Crippen LogP contribution is 2.18. The van der Waals surface area contributed by atoms with E-state index in [0.717, 1.165) is 41.3 Å². The zero-order chi connectivity index (χ0) is 24.9. The first-order chi connectivity index (χ1) is 16.3. The summed E-state index contributed by atoms with van der Waals surface area (Å²) >= 11 is 0. The van der Waals surface area contributed by atoms with Crippen molar-refractivity contribution in [1.82, 2.24) is 9.91 Å². The smallest absolute Gasteiger partial charge is 0.119 e. The van der Waals surface area contributed by atoms with Gasteiger partial charge in [-0.2, -0.15) is 5.10 Å². The van der Waals surface area contributed by atoms with Crippen molar-refractivity contribution in [2.45, 2.75) is 39.8 Å². The van der Waals surface area contributed by atoms with Crippen LogP contribution in [-0.2, 0) is 6.54 Å². The Balaban J connectivity index is 1.80. The number of rotatable bonds is 15. The van der Waals surface area contributed by atoms with Gasteiger partial charge in [-0.3, -0.25) is 5.01 Å². The molecule has 0 spiro atoms. The molecule has 0 aliphatic rings. The van der Waals surface area contributed by atoms with Crippen LogP contribution in [0.1, 0.15) is 38.3 Å². The predicted octanol–water partition coefficient (Wildman–Crippen LogP) is 5.20. The van der Waals surface area contributed by atoms with Gasteiger partial charge in [0.25, 0.3) is 0 Å². The number of hydrogen-bond donors (Lipinski definition) is 1. The molecule has 0 amide bonds. The first-order valence-corrected chi connectivity index (χ1v) is 11.7. The van der Waals surface area contributed by atoms with Crippen molar-refractivity contribution in [2.75, 3.05) is 33.4 Å². The molecule has 2 aromatic rings. The van der Waals surface area contributed by atoms with Gasteiger partial charge in [-0.05, 0) is 69.6 Å². The molecule has 1 unspecified atom stereocenters. The van der Waals surface area contributed by atoms with Crippen molar-refractivity contribution in [3.05, 3.63) is 78.5 Å². The van der Waals surface area contributed by atoms with Gasteiger partial charge in [0.05, 0.1) is 13.2 Å². The van der Waals surface area contributed by atoms with E-state index in [0.29, 0.717) is 25.4 Å². The second kappa shape index (κ2) is 14.2. The summed E-state index contributed by atoms with van der Waals surface area (Å²) in [5.41, 5.74) is 4.15. The highest BCUT2D eigenvalue weighted by molar-refractivity contribution is 5.81. The van der Waals surface area contributed by atoms with Gasteiger partial charge in [0, 0.05) is 24.5 Å². The maximum absolute atomic E-state index is 10.4. The fourth-order valence-corrected chi connectivity index (χ4v) is 3.40. The molecule has 34 heavy (non-hydrogen) atoms. The van der Waals surface area contributed by atoms with E-state index in [2.05, 4.69) is 30.2 Å². The summed E-state index contributed by atoms with van der Waals surface area (Å²) in [6.45, 7) is 16.7. The van der Waals surface area contributed by atoms with Gasteiger partial charge in [-0.25, -0.2) is 0 Å². The van der Waals surface area contributed by atoms with Crippen molar-refractivity contribution in [3.8, 4) is 11.5 Å². The molecule has 6 nitrogen and oxygen atoms in total. The van der Waals surface area contributed by atoms with Crippen LogP contribution in [0.2, 0.25) is 0 Å². The number of ether oxygens (including phenoxy) is 2. The van der Waals surface area contributed by atoms with E-state index in [1.165, 1.54) is 0 Å². The summed E-state index contributed by atoms with van der Waals surface area (Å²) in [6, 6.07) is 15.6. The number of benzene rings is 2. The zero-order valence-electron chi connectivity index (χ0n) is 21.0. The molecule has 6 heteroatoms. The molecule has 0 radical (unpaired) electrons.